The highest BCUT2D eigenvalue weighted by atomic mass is 35.7. The number of benzene rings is 1. The van der Waals surface area contributed by atoms with Gasteiger partial charge in [-0.25, -0.2) is 8.42 Å². The molecular weight excluding hydrogens is 228 g/mol. The zero-order valence-electron chi connectivity index (χ0n) is 6.77. The molecule has 0 aliphatic rings. The molecule has 0 saturated carbocycles. The van der Waals surface area contributed by atoms with Gasteiger partial charge in [0.25, 0.3) is 9.05 Å². The Labute approximate surface area is 84.1 Å². The minimum absolute atomic E-state index is 0.0437. The molecule has 0 aliphatic heterocycles. The van der Waals surface area contributed by atoms with Crippen LogP contribution < -0.4 is 0 Å². The third kappa shape index (κ3) is 1.44. The molecule has 0 spiro atoms. The number of hydrogen-bond acceptors (Lipinski definition) is 4. The number of aromatic hydroxyl groups is 1. The van der Waals surface area contributed by atoms with Crippen LogP contribution in [0.1, 0.15) is 0 Å². The SMILES string of the molecule is O=S(=O)(Cl)c1cc2c(O)cccc2o1. The number of phenols is 1. The van der Waals surface area contributed by atoms with E-state index in [-0.39, 0.29) is 16.4 Å². The molecule has 0 fully saturated rings. The van der Waals surface area contributed by atoms with Gasteiger partial charge in [0.1, 0.15) is 11.3 Å². The average Bonchev–Trinajstić information content (AvgIpc) is 2.48. The maximum Gasteiger partial charge on any atom is 0.294 e. The molecule has 0 saturated heterocycles. The molecule has 6 heteroatoms. The molecule has 2 rings (SSSR count). The molecule has 0 amide bonds. The van der Waals surface area contributed by atoms with Crippen molar-refractivity contribution >= 4 is 30.7 Å². The number of furan rings is 1. The number of rotatable bonds is 1. The van der Waals surface area contributed by atoms with Gasteiger partial charge < -0.3 is 9.52 Å². The van der Waals surface area contributed by atoms with Gasteiger partial charge >= 0.3 is 0 Å². The molecule has 0 aliphatic carbocycles. The van der Waals surface area contributed by atoms with Gasteiger partial charge in [0.15, 0.2) is 0 Å². The van der Waals surface area contributed by atoms with E-state index in [4.69, 9.17) is 15.1 Å². The van der Waals surface area contributed by atoms with E-state index in [1.54, 1.807) is 12.1 Å². The van der Waals surface area contributed by atoms with E-state index < -0.39 is 9.05 Å². The van der Waals surface area contributed by atoms with Crippen LogP contribution in [0.3, 0.4) is 0 Å². The molecule has 2 aromatic rings. The maximum absolute atomic E-state index is 10.9. The first kappa shape index (κ1) is 9.36. The van der Waals surface area contributed by atoms with Crippen LogP contribution in [0.4, 0.5) is 0 Å². The number of hydrogen-bond donors (Lipinski definition) is 1. The maximum atomic E-state index is 10.9. The minimum atomic E-state index is -3.89. The monoisotopic (exact) mass is 232 g/mol. The summed E-state index contributed by atoms with van der Waals surface area (Å²) in [5.41, 5.74) is 0.282. The van der Waals surface area contributed by atoms with E-state index in [1.165, 1.54) is 12.1 Å². The van der Waals surface area contributed by atoms with Gasteiger partial charge in [-0.1, -0.05) is 6.07 Å². The number of halogens is 1. The Morgan fingerprint density at radius 1 is 1.36 bits per heavy atom. The fraction of sp³-hybridized carbons (Fsp3) is 0. The first-order valence-electron chi connectivity index (χ1n) is 3.64. The molecule has 0 unspecified atom stereocenters. The highest BCUT2D eigenvalue weighted by Gasteiger charge is 2.17. The van der Waals surface area contributed by atoms with Gasteiger partial charge in [0.05, 0.1) is 5.39 Å². The molecule has 14 heavy (non-hydrogen) atoms. The van der Waals surface area contributed by atoms with Gasteiger partial charge in [-0.15, -0.1) is 0 Å². The highest BCUT2D eigenvalue weighted by molar-refractivity contribution is 8.13. The van der Waals surface area contributed by atoms with Gasteiger partial charge in [0, 0.05) is 16.7 Å². The van der Waals surface area contributed by atoms with Crippen molar-refractivity contribution in [1.82, 2.24) is 0 Å². The summed E-state index contributed by atoms with van der Waals surface area (Å²) < 4.78 is 26.7. The molecule has 1 N–H and O–H groups in total. The Hall–Kier alpha value is -1.20. The Morgan fingerprint density at radius 3 is 2.64 bits per heavy atom. The molecule has 74 valence electrons. The molecule has 0 radical (unpaired) electrons. The normalized spacial score (nSPS) is 12.1. The second kappa shape index (κ2) is 2.90. The van der Waals surface area contributed by atoms with Crippen LogP contribution in [0.25, 0.3) is 11.0 Å². The molecular formula is C8H5ClO4S. The predicted molar refractivity (Wildman–Crippen MR) is 50.9 cm³/mol. The molecule has 0 bridgehead atoms. The summed E-state index contributed by atoms with van der Waals surface area (Å²) in [6, 6.07) is 5.71. The van der Waals surface area contributed by atoms with Crippen LogP contribution >= 0.6 is 10.7 Å². The van der Waals surface area contributed by atoms with E-state index >= 15 is 0 Å². The predicted octanol–water partition coefficient (Wildman–Crippen LogP) is 2.07. The smallest absolute Gasteiger partial charge is 0.294 e. The fourth-order valence-electron chi connectivity index (χ4n) is 1.14. The van der Waals surface area contributed by atoms with E-state index in [2.05, 4.69) is 0 Å². The Morgan fingerprint density at radius 2 is 2.07 bits per heavy atom. The molecule has 4 nitrogen and oxygen atoms in total. The van der Waals surface area contributed by atoms with E-state index in [0.717, 1.165) is 0 Å². The van der Waals surface area contributed by atoms with Crippen LogP contribution in [-0.4, -0.2) is 13.5 Å². The van der Waals surface area contributed by atoms with Crippen molar-refractivity contribution in [2.45, 2.75) is 5.09 Å². The van der Waals surface area contributed by atoms with Crippen molar-refractivity contribution in [1.29, 1.82) is 0 Å². The van der Waals surface area contributed by atoms with Crippen molar-refractivity contribution in [3.63, 3.8) is 0 Å². The van der Waals surface area contributed by atoms with Crippen molar-refractivity contribution in [2.24, 2.45) is 0 Å². The van der Waals surface area contributed by atoms with Crippen molar-refractivity contribution in [2.75, 3.05) is 0 Å². The van der Waals surface area contributed by atoms with Crippen LogP contribution in [0.5, 0.6) is 5.75 Å². The van der Waals surface area contributed by atoms with Crippen LogP contribution in [-0.2, 0) is 9.05 Å². The van der Waals surface area contributed by atoms with Crippen LogP contribution in [0.2, 0.25) is 0 Å². The average molecular weight is 233 g/mol. The fourth-order valence-corrected chi connectivity index (χ4v) is 1.82. The van der Waals surface area contributed by atoms with Crippen molar-refractivity contribution < 1.29 is 17.9 Å². The summed E-state index contributed by atoms with van der Waals surface area (Å²) in [7, 11) is 1.19. The second-order valence-corrected chi connectivity index (χ2v) is 5.19. The Kier molecular flexibility index (Phi) is 1.94. The number of phenolic OH excluding ortho intramolecular Hbond substituents is 1. The summed E-state index contributed by atoms with van der Waals surface area (Å²) in [5, 5.41) is 9.31. The Balaban J connectivity index is 2.81. The van der Waals surface area contributed by atoms with E-state index in [1.807, 2.05) is 0 Å². The first-order valence-corrected chi connectivity index (χ1v) is 5.95. The van der Waals surface area contributed by atoms with Crippen LogP contribution in [0.15, 0.2) is 33.8 Å². The quantitative estimate of drug-likeness (QED) is 0.765. The summed E-state index contributed by atoms with van der Waals surface area (Å²) in [4.78, 5) is 0. The van der Waals surface area contributed by atoms with Gasteiger partial charge in [-0.05, 0) is 12.1 Å². The summed E-state index contributed by atoms with van der Waals surface area (Å²) >= 11 is 0. The third-order valence-electron chi connectivity index (χ3n) is 1.76. The lowest BCUT2D eigenvalue weighted by Gasteiger charge is -1.89. The van der Waals surface area contributed by atoms with E-state index in [9.17, 15) is 13.5 Å². The third-order valence-corrected chi connectivity index (χ3v) is 2.89. The lowest BCUT2D eigenvalue weighted by Crippen LogP contribution is -1.84. The molecule has 0 atom stereocenters. The first-order chi connectivity index (χ1) is 6.48. The zero-order valence-corrected chi connectivity index (χ0v) is 8.34. The zero-order chi connectivity index (χ0) is 10.3. The topological polar surface area (TPSA) is 67.5 Å². The minimum Gasteiger partial charge on any atom is -0.507 e. The summed E-state index contributed by atoms with van der Waals surface area (Å²) in [5.74, 6) is -0.0437. The highest BCUT2D eigenvalue weighted by Crippen LogP contribution is 2.30. The van der Waals surface area contributed by atoms with Crippen molar-refractivity contribution in [3.05, 3.63) is 24.3 Å². The van der Waals surface area contributed by atoms with Crippen LogP contribution in [0, 0.1) is 0 Å². The Bertz CT molecular complexity index is 584. The molecule has 1 aromatic carbocycles. The lowest BCUT2D eigenvalue weighted by atomic mass is 10.2. The van der Waals surface area contributed by atoms with Gasteiger partial charge in [-0.3, -0.25) is 0 Å². The van der Waals surface area contributed by atoms with Gasteiger partial charge in [0.2, 0.25) is 5.09 Å². The number of fused-ring (bicyclic) bond motifs is 1. The van der Waals surface area contributed by atoms with Gasteiger partial charge in [-0.2, -0.15) is 0 Å². The lowest BCUT2D eigenvalue weighted by molar-refractivity contribution is 0.478. The summed E-state index contributed by atoms with van der Waals surface area (Å²) in [6.07, 6.45) is 0. The molecule has 1 heterocycles. The largest absolute Gasteiger partial charge is 0.507 e. The van der Waals surface area contributed by atoms with Crippen molar-refractivity contribution in [3.8, 4) is 5.75 Å². The van der Waals surface area contributed by atoms with E-state index in [0.29, 0.717) is 5.39 Å². The summed E-state index contributed by atoms with van der Waals surface area (Å²) in [6.45, 7) is 0. The molecule has 1 aromatic heterocycles. The second-order valence-electron chi connectivity index (χ2n) is 2.69. The standard InChI is InChI=1S/C8H5ClO4S/c9-14(11,12)8-4-5-6(10)2-1-3-7(5)13-8/h1-4,10H.